The average molecular weight is 347 g/mol. The lowest BCUT2D eigenvalue weighted by molar-refractivity contribution is 0.0922. The van der Waals surface area contributed by atoms with E-state index in [1.54, 1.807) is 14.2 Å². The minimum absolute atomic E-state index is 0.00455. The Morgan fingerprint density at radius 2 is 2.04 bits per heavy atom. The highest BCUT2D eigenvalue weighted by atomic mass is 16.5. The molecule has 1 saturated carbocycles. The molecule has 1 aliphatic rings. The van der Waals surface area contributed by atoms with E-state index in [2.05, 4.69) is 24.0 Å². The van der Waals surface area contributed by atoms with E-state index in [1.807, 2.05) is 12.1 Å². The number of rotatable bonds is 10. The molecule has 0 aromatic heterocycles. The van der Waals surface area contributed by atoms with Crippen LogP contribution in [0.3, 0.4) is 0 Å². The third-order valence-corrected chi connectivity index (χ3v) is 5.22. The van der Waals surface area contributed by atoms with E-state index in [0.717, 1.165) is 36.8 Å². The highest BCUT2D eigenvalue weighted by Crippen LogP contribution is 2.28. The van der Waals surface area contributed by atoms with E-state index in [9.17, 15) is 0 Å². The van der Waals surface area contributed by atoms with Gasteiger partial charge in [-0.25, -0.2) is 0 Å². The topological polar surface area (TPSA) is 56.5 Å². The molecule has 2 atom stereocenters. The summed E-state index contributed by atoms with van der Waals surface area (Å²) in [5, 5.41) is 3.40. The van der Waals surface area contributed by atoms with Crippen LogP contribution in [0.5, 0.6) is 5.75 Å². The van der Waals surface area contributed by atoms with Gasteiger partial charge in [-0.2, -0.15) is 0 Å². The van der Waals surface area contributed by atoms with E-state index in [-0.39, 0.29) is 12.1 Å². The van der Waals surface area contributed by atoms with Gasteiger partial charge in [0, 0.05) is 25.4 Å². The van der Waals surface area contributed by atoms with E-state index < -0.39 is 0 Å². The Morgan fingerprint density at radius 1 is 1.28 bits per heavy atom. The van der Waals surface area contributed by atoms with Gasteiger partial charge in [0.1, 0.15) is 11.9 Å². The summed E-state index contributed by atoms with van der Waals surface area (Å²) >= 11 is 0. The Kier molecular flexibility index (Phi) is 8.29. The number of ether oxygens (including phenoxy) is 2. The number of benzene rings is 1. The third-order valence-electron chi connectivity index (χ3n) is 5.22. The molecule has 0 bridgehead atoms. The van der Waals surface area contributed by atoms with Crippen molar-refractivity contribution < 1.29 is 9.47 Å². The smallest absolute Gasteiger partial charge is 0.119 e. The lowest BCUT2D eigenvalue weighted by atomic mass is 9.83. The van der Waals surface area contributed by atoms with Crippen molar-refractivity contribution in [3.05, 3.63) is 42.1 Å². The fourth-order valence-corrected chi connectivity index (χ4v) is 3.80. The maximum absolute atomic E-state index is 6.44. The second-order valence-corrected chi connectivity index (χ2v) is 7.11. The number of methoxy groups -OCH3 is 2. The van der Waals surface area contributed by atoms with Crippen molar-refractivity contribution in [3.63, 3.8) is 0 Å². The van der Waals surface area contributed by atoms with Crippen LogP contribution in [0.25, 0.3) is 0 Å². The second-order valence-electron chi connectivity index (χ2n) is 7.11. The molecule has 1 unspecified atom stereocenters. The molecule has 0 amide bonds. The van der Waals surface area contributed by atoms with Crippen LogP contribution in [-0.2, 0) is 11.2 Å². The molecule has 140 valence electrons. The summed E-state index contributed by atoms with van der Waals surface area (Å²) in [7, 11) is 3.41. The number of nitrogens with one attached hydrogen (secondary N) is 1. The maximum Gasteiger partial charge on any atom is 0.119 e. The van der Waals surface area contributed by atoms with E-state index in [4.69, 9.17) is 15.2 Å². The number of hydrogen-bond acceptors (Lipinski definition) is 4. The van der Waals surface area contributed by atoms with E-state index >= 15 is 0 Å². The highest BCUT2D eigenvalue weighted by Gasteiger charge is 2.24. The first-order chi connectivity index (χ1) is 12.1. The van der Waals surface area contributed by atoms with Crippen LogP contribution in [0.1, 0.15) is 44.1 Å². The fraction of sp³-hybridized carbons (Fsp3) is 0.619. The highest BCUT2D eigenvalue weighted by molar-refractivity contribution is 5.28. The summed E-state index contributed by atoms with van der Waals surface area (Å²) < 4.78 is 10.9. The molecule has 0 saturated heterocycles. The lowest BCUT2D eigenvalue weighted by Gasteiger charge is -2.30. The second kappa shape index (κ2) is 10.5. The van der Waals surface area contributed by atoms with Crippen LogP contribution in [0, 0.1) is 5.92 Å². The zero-order valence-electron chi connectivity index (χ0n) is 15.8. The first-order valence-electron chi connectivity index (χ1n) is 9.48. The quantitative estimate of drug-likeness (QED) is 0.679. The third kappa shape index (κ3) is 6.37. The Labute approximate surface area is 152 Å². The van der Waals surface area contributed by atoms with Crippen molar-refractivity contribution >= 4 is 0 Å². The van der Waals surface area contributed by atoms with Crippen molar-refractivity contribution in [1.82, 2.24) is 5.32 Å². The molecule has 1 aliphatic carbocycles. The molecule has 1 aromatic rings. The molecule has 0 heterocycles. The lowest BCUT2D eigenvalue weighted by Crippen LogP contribution is -2.42. The van der Waals surface area contributed by atoms with Crippen LogP contribution in [0.2, 0.25) is 0 Å². The molecule has 1 aromatic carbocycles. The Bertz CT molecular complexity index is 526. The van der Waals surface area contributed by atoms with Gasteiger partial charge in [0.25, 0.3) is 0 Å². The van der Waals surface area contributed by atoms with Gasteiger partial charge in [0.2, 0.25) is 0 Å². The van der Waals surface area contributed by atoms with Crippen LogP contribution < -0.4 is 15.8 Å². The van der Waals surface area contributed by atoms with Crippen molar-refractivity contribution in [1.29, 1.82) is 0 Å². The molecule has 0 spiro atoms. The zero-order chi connectivity index (χ0) is 18.1. The summed E-state index contributed by atoms with van der Waals surface area (Å²) in [6.07, 6.45) is 8.47. The molecule has 4 heteroatoms. The van der Waals surface area contributed by atoms with Gasteiger partial charge >= 0.3 is 0 Å². The van der Waals surface area contributed by atoms with E-state index in [1.165, 1.54) is 37.7 Å². The van der Waals surface area contributed by atoms with Gasteiger partial charge in [-0.05, 0) is 36.5 Å². The SMILES string of the molecule is C=C(NCCc1cccc(OC)c1)C(OC)[C@H](N)CC1CCCCC1. The standard InChI is InChI=1S/C21H34N2O2/c1-16(23-13-12-18-10-7-11-19(14-18)24-2)21(25-3)20(22)15-17-8-5-4-6-9-17/h7,10-11,14,17,20-21,23H,1,4-6,8-9,12-13,15,22H2,2-3H3/t20-,21?/m1/s1. The number of hydrogen-bond donors (Lipinski definition) is 2. The molecule has 2 rings (SSSR count). The molecule has 0 aliphatic heterocycles. The van der Waals surface area contributed by atoms with Crippen molar-refractivity contribution in [2.45, 2.75) is 57.1 Å². The molecule has 25 heavy (non-hydrogen) atoms. The zero-order valence-corrected chi connectivity index (χ0v) is 15.8. The average Bonchev–Trinajstić information content (AvgIpc) is 2.63. The minimum Gasteiger partial charge on any atom is -0.497 e. The van der Waals surface area contributed by atoms with Crippen LogP contribution in [-0.4, -0.2) is 32.9 Å². The molecule has 0 radical (unpaired) electrons. The summed E-state index contributed by atoms with van der Waals surface area (Å²) in [6.45, 7) is 4.97. The Balaban J connectivity index is 1.78. The number of nitrogens with two attached hydrogens (primary N) is 1. The normalized spacial score (nSPS) is 17.7. The summed E-state index contributed by atoms with van der Waals surface area (Å²) in [6, 6.07) is 8.15. The van der Waals surface area contributed by atoms with Crippen molar-refractivity contribution in [3.8, 4) is 5.75 Å². The molecule has 4 nitrogen and oxygen atoms in total. The van der Waals surface area contributed by atoms with Crippen molar-refractivity contribution in [2.24, 2.45) is 11.7 Å². The largest absolute Gasteiger partial charge is 0.497 e. The Hall–Kier alpha value is -1.52. The van der Waals surface area contributed by atoms with Gasteiger partial charge in [-0.15, -0.1) is 0 Å². The van der Waals surface area contributed by atoms with Crippen LogP contribution >= 0.6 is 0 Å². The molecular weight excluding hydrogens is 312 g/mol. The molecular formula is C21H34N2O2. The van der Waals surface area contributed by atoms with Gasteiger partial charge in [-0.1, -0.05) is 50.8 Å². The predicted molar refractivity (Wildman–Crippen MR) is 104 cm³/mol. The first-order valence-corrected chi connectivity index (χ1v) is 9.48. The monoisotopic (exact) mass is 346 g/mol. The summed E-state index contributed by atoms with van der Waals surface area (Å²) in [5.41, 5.74) is 8.56. The van der Waals surface area contributed by atoms with Gasteiger partial charge in [0.15, 0.2) is 0 Å². The summed E-state index contributed by atoms with van der Waals surface area (Å²) in [4.78, 5) is 0. The first kappa shape index (κ1) is 19.8. The van der Waals surface area contributed by atoms with Gasteiger partial charge < -0.3 is 20.5 Å². The van der Waals surface area contributed by atoms with Gasteiger partial charge in [-0.3, -0.25) is 0 Å². The van der Waals surface area contributed by atoms with Crippen molar-refractivity contribution in [2.75, 3.05) is 20.8 Å². The Morgan fingerprint density at radius 3 is 2.72 bits per heavy atom. The minimum atomic E-state index is -0.132. The van der Waals surface area contributed by atoms with Crippen LogP contribution in [0.4, 0.5) is 0 Å². The van der Waals surface area contributed by atoms with E-state index in [0.29, 0.717) is 0 Å². The van der Waals surface area contributed by atoms with Crippen LogP contribution in [0.15, 0.2) is 36.5 Å². The van der Waals surface area contributed by atoms with Gasteiger partial charge in [0.05, 0.1) is 7.11 Å². The molecule has 1 fully saturated rings. The summed E-state index contributed by atoms with van der Waals surface area (Å²) in [5.74, 6) is 1.63. The fourth-order valence-electron chi connectivity index (χ4n) is 3.80. The maximum atomic E-state index is 6.44. The predicted octanol–water partition coefficient (Wildman–Crippen LogP) is 3.65. The molecule has 3 N–H and O–H groups in total.